The van der Waals surface area contributed by atoms with E-state index in [4.69, 9.17) is 0 Å². The van der Waals surface area contributed by atoms with E-state index in [1.807, 2.05) is 9.95 Å². The summed E-state index contributed by atoms with van der Waals surface area (Å²) >= 11 is 1.44. The van der Waals surface area contributed by atoms with E-state index in [1.54, 1.807) is 17.5 Å². The smallest absolute Gasteiger partial charge is 0.252 e. The molecular formula is C21H22FN5O2S. The fraction of sp³-hybridized carbons (Fsp3) is 0.333. The minimum atomic E-state index is -0.407. The largest absolute Gasteiger partial charge is 0.351 e. The SMILES string of the molecule is O=C(CCNC(=O)c1ccsc1)Nc1ccc(F)c(-c2nnc3n2CCCCC3)c1. The maximum Gasteiger partial charge on any atom is 0.252 e. The molecule has 1 aromatic carbocycles. The Kier molecular flexibility index (Phi) is 6.18. The molecule has 3 heterocycles. The Morgan fingerprint density at radius 3 is 2.90 bits per heavy atom. The Morgan fingerprint density at radius 2 is 2.07 bits per heavy atom. The zero-order chi connectivity index (χ0) is 20.9. The number of benzene rings is 1. The Bertz CT molecular complexity index is 1050. The molecule has 0 spiro atoms. The topological polar surface area (TPSA) is 88.9 Å². The summed E-state index contributed by atoms with van der Waals surface area (Å²) in [6.45, 7) is 0.976. The van der Waals surface area contributed by atoms with Crippen LogP contribution in [0.3, 0.4) is 0 Å². The highest BCUT2D eigenvalue weighted by atomic mass is 32.1. The molecule has 2 amide bonds. The number of fused-ring (bicyclic) bond motifs is 1. The number of thiophene rings is 1. The second kappa shape index (κ2) is 9.17. The average molecular weight is 428 g/mol. The van der Waals surface area contributed by atoms with Gasteiger partial charge in [-0.15, -0.1) is 10.2 Å². The highest BCUT2D eigenvalue weighted by Crippen LogP contribution is 2.27. The molecule has 1 aliphatic rings. The molecule has 4 rings (SSSR count). The minimum absolute atomic E-state index is 0.114. The van der Waals surface area contributed by atoms with Gasteiger partial charge < -0.3 is 15.2 Å². The molecule has 0 saturated heterocycles. The number of hydrogen-bond acceptors (Lipinski definition) is 5. The molecule has 1 aliphatic heterocycles. The lowest BCUT2D eigenvalue weighted by molar-refractivity contribution is -0.116. The van der Waals surface area contributed by atoms with Gasteiger partial charge in [0.1, 0.15) is 11.6 Å². The third-order valence-electron chi connectivity index (χ3n) is 5.02. The zero-order valence-corrected chi connectivity index (χ0v) is 17.2. The molecule has 0 unspecified atom stereocenters. The number of aryl methyl sites for hydroxylation is 1. The summed E-state index contributed by atoms with van der Waals surface area (Å²) < 4.78 is 16.5. The van der Waals surface area contributed by atoms with E-state index in [9.17, 15) is 14.0 Å². The molecule has 156 valence electrons. The number of carbonyl (C=O) groups excluding carboxylic acids is 2. The van der Waals surface area contributed by atoms with Crippen LogP contribution < -0.4 is 10.6 Å². The van der Waals surface area contributed by atoms with E-state index in [2.05, 4.69) is 20.8 Å². The number of anilines is 1. The van der Waals surface area contributed by atoms with Crippen molar-refractivity contribution >= 4 is 28.8 Å². The lowest BCUT2D eigenvalue weighted by atomic mass is 10.1. The Labute approximate surface area is 177 Å². The van der Waals surface area contributed by atoms with Gasteiger partial charge >= 0.3 is 0 Å². The van der Waals surface area contributed by atoms with Crippen LogP contribution >= 0.6 is 11.3 Å². The van der Waals surface area contributed by atoms with Crippen molar-refractivity contribution in [1.29, 1.82) is 0 Å². The highest BCUT2D eigenvalue weighted by Gasteiger charge is 2.19. The van der Waals surface area contributed by atoms with E-state index < -0.39 is 5.82 Å². The van der Waals surface area contributed by atoms with Crippen LogP contribution in [0.1, 0.15) is 41.9 Å². The van der Waals surface area contributed by atoms with Gasteiger partial charge in [-0.2, -0.15) is 11.3 Å². The van der Waals surface area contributed by atoms with Crippen molar-refractivity contribution in [2.45, 2.75) is 38.6 Å². The molecular weight excluding hydrogens is 405 g/mol. The summed E-state index contributed by atoms with van der Waals surface area (Å²) in [5.41, 5.74) is 1.38. The van der Waals surface area contributed by atoms with E-state index in [0.29, 0.717) is 22.6 Å². The first-order valence-corrected chi connectivity index (χ1v) is 10.9. The van der Waals surface area contributed by atoms with Gasteiger partial charge in [0.2, 0.25) is 5.91 Å². The molecule has 0 atom stereocenters. The van der Waals surface area contributed by atoms with Crippen LogP contribution in [0.5, 0.6) is 0 Å². The fourth-order valence-electron chi connectivity index (χ4n) is 3.47. The Hall–Kier alpha value is -3.07. The Morgan fingerprint density at radius 1 is 1.17 bits per heavy atom. The third-order valence-corrected chi connectivity index (χ3v) is 5.70. The average Bonchev–Trinajstić information content (AvgIpc) is 3.35. The molecule has 2 N–H and O–H groups in total. The van der Waals surface area contributed by atoms with Crippen molar-refractivity contribution in [2.24, 2.45) is 0 Å². The molecule has 0 bridgehead atoms. The van der Waals surface area contributed by atoms with Crippen LogP contribution in [0.2, 0.25) is 0 Å². The van der Waals surface area contributed by atoms with Crippen molar-refractivity contribution in [3.05, 3.63) is 52.2 Å². The van der Waals surface area contributed by atoms with Crippen LogP contribution in [0.4, 0.5) is 10.1 Å². The highest BCUT2D eigenvalue weighted by molar-refractivity contribution is 7.08. The zero-order valence-electron chi connectivity index (χ0n) is 16.4. The van der Waals surface area contributed by atoms with Crippen LogP contribution in [-0.2, 0) is 17.8 Å². The summed E-state index contributed by atoms with van der Waals surface area (Å²) in [4.78, 5) is 24.2. The van der Waals surface area contributed by atoms with Crippen molar-refractivity contribution in [3.63, 3.8) is 0 Å². The monoisotopic (exact) mass is 427 g/mol. The molecule has 0 fully saturated rings. The fourth-order valence-corrected chi connectivity index (χ4v) is 4.10. The van der Waals surface area contributed by atoms with Gasteiger partial charge in [0, 0.05) is 42.6 Å². The second-order valence-electron chi connectivity index (χ2n) is 7.16. The van der Waals surface area contributed by atoms with Gasteiger partial charge in [0.15, 0.2) is 5.82 Å². The van der Waals surface area contributed by atoms with Crippen LogP contribution in [-0.4, -0.2) is 33.1 Å². The molecule has 7 nitrogen and oxygen atoms in total. The van der Waals surface area contributed by atoms with E-state index >= 15 is 0 Å². The minimum Gasteiger partial charge on any atom is -0.351 e. The molecule has 3 aromatic rings. The van der Waals surface area contributed by atoms with Crippen molar-refractivity contribution < 1.29 is 14.0 Å². The quantitative estimate of drug-likeness (QED) is 0.629. The van der Waals surface area contributed by atoms with Crippen LogP contribution in [0.15, 0.2) is 35.0 Å². The Balaban J connectivity index is 1.40. The third kappa shape index (κ3) is 4.56. The van der Waals surface area contributed by atoms with Gasteiger partial charge in [0.05, 0.1) is 5.56 Å². The normalized spacial score (nSPS) is 13.4. The van der Waals surface area contributed by atoms with E-state index in [-0.39, 0.29) is 24.8 Å². The molecule has 9 heteroatoms. The maximum absolute atomic E-state index is 14.5. The number of hydrogen-bond donors (Lipinski definition) is 2. The first-order valence-electron chi connectivity index (χ1n) is 9.94. The first kappa shape index (κ1) is 20.2. The molecule has 2 aromatic heterocycles. The van der Waals surface area contributed by atoms with Gasteiger partial charge in [0.25, 0.3) is 5.91 Å². The predicted molar refractivity (Wildman–Crippen MR) is 113 cm³/mol. The van der Waals surface area contributed by atoms with Crippen LogP contribution in [0.25, 0.3) is 11.4 Å². The van der Waals surface area contributed by atoms with Gasteiger partial charge in [-0.3, -0.25) is 9.59 Å². The lowest BCUT2D eigenvalue weighted by Crippen LogP contribution is -2.27. The van der Waals surface area contributed by atoms with Crippen LogP contribution in [0, 0.1) is 5.82 Å². The van der Waals surface area contributed by atoms with Gasteiger partial charge in [-0.05, 0) is 42.5 Å². The molecule has 30 heavy (non-hydrogen) atoms. The van der Waals surface area contributed by atoms with Crippen molar-refractivity contribution in [2.75, 3.05) is 11.9 Å². The summed E-state index contributed by atoms with van der Waals surface area (Å²) in [6, 6.07) is 6.15. The first-order chi connectivity index (χ1) is 14.6. The summed E-state index contributed by atoms with van der Waals surface area (Å²) in [5.74, 6) is 0.482. The number of nitrogens with one attached hydrogen (secondary N) is 2. The van der Waals surface area contributed by atoms with E-state index in [0.717, 1.165) is 38.1 Å². The molecule has 0 aliphatic carbocycles. The van der Waals surface area contributed by atoms with Crippen molar-refractivity contribution in [1.82, 2.24) is 20.1 Å². The number of rotatable bonds is 6. The molecule has 0 saturated carbocycles. The number of halogens is 1. The summed E-state index contributed by atoms with van der Waals surface area (Å²) in [5, 5.41) is 17.5. The van der Waals surface area contributed by atoms with Gasteiger partial charge in [-0.1, -0.05) is 6.42 Å². The number of aromatic nitrogens is 3. The van der Waals surface area contributed by atoms with Crippen molar-refractivity contribution in [3.8, 4) is 11.4 Å². The molecule has 0 radical (unpaired) electrons. The second-order valence-corrected chi connectivity index (χ2v) is 7.94. The summed E-state index contributed by atoms with van der Waals surface area (Å²) in [6.07, 6.45) is 4.13. The number of nitrogens with zero attached hydrogens (tertiary/aromatic N) is 3. The number of carbonyl (C=O) groups is 2. The maximum atomic E-state index is 14.5. The van der Waals surface area contributed by atoms with E-state index in [1.165, 1.54) is 23.5 Å². The standard InChI is InChI=1S/C21H22FN5O2S/c22-17-6-5-15(24-19(28)7-9-23-21(29)14-8-11-30-13-14)12-16(17)20-26-25-18-4-2-1-3-10-27(18)20/h5-6,8,11-13H,1-4,7,9-10H2,(H,23,29)(H,24,28). The van der Waals surface area contributed by atoms with Gasteiger partial charge in [-0.25, -0.2) is 4.39 Å². The predicted octanol–water partition coefficient (Wildman–Crippen LogP) is 3.63. The number of amides is 2. The summed E-state index contributed by atoms with van der Waals surface area (Å²) in [7, 11) is 0. The lowest BCUT2D eigenvalue weighted by Gasteiger charge is -2.11.